The fourth-order valence-electron chi connectivity index (χ4n) is 2.63. The number of aromatic nitrogens is 1. The Hall–Kier alpha value is -1.48. The van der Waals surface area contributed by atoms with Crippen LogP contribution in [0.1, 0.15) is 44.9 Å². The van der Waals surface area contributed by atoms with E-state index in [-0.39, 0.29) is 6.10 Å². The van der Waals surface area contributed by atoms with Crippen molar-refractivity contribution in [3.8, 4) is 5.75 Å². The molecule has 3 nitrogen and oxygen atoms in total. The number of rotatable bonds is 7. The van der Waals surface area contributed by atoms with Gasteiger partial charge in [-0.2, -0.15) is 0 Å². The molecule has 1 N–H and O–H groups in total. The number of benzene rings is 1. The van der Waals surface area contributed by atoms with Crippen LogP contribution in [-0.4, -0.2) is 17.2 Å². The monoisotopic (exact) mass is 288 g/mol. The minimum Gasteiger partial charge on any atom is -0.491 e. The Labute approximate surface area is 128 Å². The second kappa shape index (κ2) is 6.99. The zero-order valence-electron chi connectivity index (χ0n) is 14.0. The Bertz CT molecular complexity index is 601. The lowest BCUT2D eigenvalue weighted by atomic mass is 10.1. The minimum absolute atomic E-state index is 0.258. The lowest BCUT2D eigenvalue weighted by molar-refractivity contribution is 0.217. The first-order chi connectivity index (χ1) is 10.1. The molecule has 1 aromatic heterocycles. The van der Waals surface area contributed by atoms with Crippen molar-refractivity contribution in [3.63, 3.8) is 0 Å². The summed E-state index contributed by atoms with van der Waals surface area (Å²) >= 11 is 0. The second-order valence-electron chi connectivity index (χ2n) is 5.82. The highest BCUT2D eigenvalue weighted by Crippen LogP contribution is 2.29. The molecule has 0 aliphatic heterocycles. The van der Waals surface area contributed by atoms with E-state index in [1.165, 1.54) is 22.2 Å². The van der Waals surface area contributed by atoms with Crippen molar-refractivity contribution in [2.45, 2.75) is 53.2 Å². The normalized spacial score (nSPS) is 12.8. The van der Waals surface area contributed by atoms with Crippen LogP contribution in [-0.2, 0) is 13.6 Å². The molecule has 1 aromatic carbocycles. The first-order valence-corrected chi connectivity index (χ1v) is 8.03. The molecule has 0 radical (unpaired) electrons. The van der Waals surface area contributed by atoms with E-state index in [9.17, 15) is 0 Å². The van der Waals surface area contributed by atoms with Gasteiger partial charge in [0.15, 0.2) is 0 Å². The van der Waals surface area contributed by atoms with Crippen molar-refractivity contribution in [1.82, 2.24) is 9.88 Å². The lowest BCUT2D eigenvalue weighted by Gasteiger charge is -2.12. The molecule has 0 unspecified atom stereocenters. The van der Waals surface area contributed by atoms with E-state index in [2.05, 4.69) is 62.8 Å². The fourth-order valence-corrected chi connectivity index (χ4v) is 2.63. The zero-order valence-corrected chi connectivity index (χ0v) is 14.0. The Morgan fingerprint density at radius 1 is 1.29 bits per heavy atom. The number of aryl methyl sites for hydroxylation is 1. The van der Waals surface area contributed by atoms with Crippen LogP contribution in [0.25, 0.3) is 10.9 Å². The second-order valence-corrected chi connectivity index (χ2v) is 5.82. The van der Waals surface area contributed by atoms with E-state index in [0.717, 1.165) is 31.7 Å². The third-order valence-corrected chi connectivity index (χ3v) is 4.24. The molecule has 21 heavy (non-hydrogen) atoms. The maximum absolute atomic E-state index is 5.97. The quantitative estimate of drug-likeness (QED) is 0.774. The average molecular weight is 288 g/mol. The number of hydrogen-bond acceptors (Lipinski definition) is 2. The van der Waals surface area contributed by atoms with Gasteiger partial charge in [0, 0.05) is 30.2 Å². The van der Waals surface area contributed by atoms with Crippen molar-refractivity contribution in [1.29, 1.82) is 0 Å². The van der Waals surface area contributed by atoms with E-state index in [1.807, 2.05) is 0 Å². The summed E-state index contributed by atoms with van der Waals surface area (Å²) in [7, 11) is 2.14. The predicted molar refractivity (Wildman–Crippen MR) is 90.0 cm³/mol. The van der Waals surface area contributed by atoms with Gasteiger partial charge in [-0.25, -0.2) is 0 Å². The summed E-state index contributed by atoms with van der Waals surface area (Å²) in [4.78, 5) is 0. The van der Waals surface area contributed by atoms with Gasteiger partial charge in [0.1, 0.15) is 5.75 Å². The smallest absolute Gasteiger partial charge is 0.120 e. The predicted octanol–water partition coefficient (Wildman–Crippen LogP) is 4.16. The number of nitrogens with zero attached hydrogens (tertiary/aromatic N) is 1. The highest BCUT2D eigenvalue weighted by molar-refractivity contribution is 5.86. The molecule has 116 valence electrons. The lowest BCUT2D eigenvalue weighted by Crippen LogP contribution is -2.14. The van der Waals surface area contributed by atoms with Crippen molar-refractivity contribution in [2.24, 2.45) is 7.05 Å². The molecule has 0 bridgehead atoms. The van der Waals surface area contributed by atoms with Crippen LogP contribution >= 0.6 is 0 Å². The molecule has 3 heteroatoms. The van der Waals surface area contributed by atoms with Crippen molar-refractivity contribution in [2.75, 3.05) is 6.54 Å². The Kier molecular flexibility index (Phi) is 5.29. The number of nitrogens with one attached hydrogen (secondary N) is 1. The van der Waals surface area contributed by atoms with Gasteiger partial charge in [-0.1, -0.05) is 13.8 Å². The molecule has 2 rings (SSSR count). The largest absolute Gasteiger partial charge is 0.491 e. The minimum atomic E-state index is 0.258. The summed E-state index contributed by atoms with van der Waals surface area (Å²) in [5.74, 6) is 0.971. The average Bonchev–Trinajstić information content (AvgIpc) is 2.72. The van der Waals surface area contributed by atoms with Crippen LogP contribution in [0, 0.1) is 6.92 Å². The maximum atomic E-state index is 5.97. The van der Waals surface area contributed by atoms with Crippen LogP contribution in [0.5, 0.6) is 5.75 Å². The van der Waals surface area contributed by atoms with Gasteiger partial charge in [0.2, 0.25) is 0 Å². The summed E-state index contributed by atoms with van der Waals surface area (Å²) in [6.07, 6.45) is 2.44. The van der Waals surface area contributed by atoms with E-state index in [4.69, 9.17) is 4.74 Å². The molecule has 0 spiro atoms. The molecule has 1 atom stereocenters. The molecule has 0 fully saturated rings. The van der Waals surface area contributed by atoms with Gasteiger partial charge in [-0.05, 0) is 57.0 Å². The van der Waals surface area contributed by atoms with E-state index in [1.54, 1.807) is 0 Å². The van der Waals surface area contributed by atoms with Gasteiger partial charge in [0.05, 0.1) is 6.10 Å². The van der Waals surface area contributed by atoms with Crippen LogP contribution in [0.2, 0.25) is 0 Å². The van der Waals surface area contributed by atoms with Gasteiger partial charge >= 0.3 is 0 Å². The van der Waals surface area contributed by atoms with E-state index >= 15 is 0 Å². The number of fused-ring (bicyclic) bond motifs is 1. The summed E-state index contributed by atoms with van der Waals surface area (Å²) in [5, 5.41) is 4.82. The molecular formula is C18H28N2O. The molecule has 0 saturated carbocycles. The molecule has 2 aromatic rings. The molecular weight excluding hydrogens is 260 g/mol. The molecule has 1 heterocycles. The third-order valence-electron chi connectivity index (χ3n) is 4.24. The highest BCUT2D eigenvalue weighted by Gasteiger charge is 2.13. The van der Waals surface area contributed by atoms with Crippen LogP contribution < -0.4 is 10.1 Å². The van der Waals surface area contributed by atoms with E-state index < -0.39 is 0 Å². The Balaban J connectivity index is 2.36. The van der Waals surface area contributed by atoms with Crippen LogP contribution in [0.3, 0.4) is 0 Å². The summed E-state index contributed by atoms with van der Waals surface area (Å²) in [5.41, 5.74) is 3.99. The van der Waals surface area contributed by atoms with E-state index in [0.29, 0.717) is 0 Å². The highest BCUT2D eigenvalue weighted by atomic mass is 16.5. The van der Waals surface area contributed by atoms with Gasteiger partial charge in [0.25, 0.3) is 0 Å². The molecule has 0 saturated heterocycles. The van der Waals surface area contributed by atoms with Crippen molar-refractivity contribution < 1.29 is 4.74 Å². The summed E-state index contributed by atoms with van der Waals surface area (Å²) in [6, 6.07) is 6.44. The fraction of sp³-hybridized carbons (Fsp3) is 0.556. The molecule has 0 aliphatic rings. The van der Waals surface area contributed by atoms with Crippen LogP contribution in [0.4, 0.5) is 0 Å². The van der Waals surface area contributed by atoms with Crippen molar-refractivity contribution >= 4 is 10.9 Å². The van der Waals surface area contributed by atoms with Crippen molar-refractivity contribution in [3.05, 3.63) is 29.5 Å². The van der Waals surface area contributed by atoms with Gasteiger partial charge in [-0.3, -0.25) is 0 Å². The zero-order chi connectivity index (χ0) is 15.4. The standard InChI is InChI=1S/C18H28N2O/c1-6-10-19-12-17-14(4)20(5)18-9-8-15(11-16(17)18)21-13(3)7-2/h8-9,11,13,19H,6-7,10,12H2,1-5H3/t13-/m0/s1. The Morgan fingerprint density at radius 3 is 2.71 bits per heavy atom. The third kappa shape index (κ3) is 3.41. The number of hydrogen-bond donors (Lipinski definition) is 1. The Morgan fingerprint density at radius 2 is 2.05 bits per heavy atom. The topological polar surface area (TPSA) is 26.2 Å². The van der Waals surface area contributed by atoms with Gasteiger partial charge in [-0.15, -0.1) is 0 Å². The first kappa shape index (κ1) is 15.9. The van der Waals surface area contributed by atoms with Crippen LogP contribution in [0.15, 0.2) is 18.2 Å². The molecule has 0 aliphatic carbocycles. The summed E-state index contributed by atoms with van der Waals surface area (Å²) < 4.78 is 8.24. The molecule has 0 amide bonds. The van der Waals surface area contributed by atoms with Gasteiger partial charge < -0.3 is 14.6 Å². The SMILES string of the molecule is CCCNCc1c(C)n(C)c2ccc(O[C@@H](C)CC)cc12. The number of ether oxygens (including phenoxy) is 1. The summed E-state index contributed by atoms with van der Waals surface area (Å²) in [6.45, 7) is 10.6. The maximum Gasteiger partial charge on any atom is 0.120 e. The first-order valence-electron chi connectivity index (χ1n) is 8.03.